The summed E-state index contributed by atoms with van der Waals surface area (Å²) < 4.78 is 6.58. The van der Waals surface area contributed by atoms with E-state index in [0.29, 0.717) is 12.2 Å². The summed E-state index contributed by atoms with van der Waals surface area (Å²) in [4.78, 5) is 31.7. The van der Waals surface area contributed by atoms with Crippen LogP contribution in [0.25, 0.3) is 16.6 Å². The Balaban J connectivity index is 1.75. The molecule has 0 saturated heterocycles. The fourth-order valence-electron chi connectivity index (χ4n) is 5.11. The highest BCUT2D eigenvalue weighted by molar-refractivity contribution is 5.86. The summed E-state index contributed by atoms with van der Waals surface area (Å²) in [5.74, 6) is 0.388. The SMILES string of the molecule is COc1ccc2[nH]c3c(c2c1)CCNC3c1c(O)n(-c2c(C)cc(C)cc2C)c(=O)[nH]c1=O. The van der Waals surface area contributed by atoms with E-state index < -0.39 is 17.3 Å². The molecule has 0 spiro atoms. The Morgan fingerprint density at radius 1 is 1.06 bits per heavy atom. The van der Waals surface area contributed by atoms with Crippen molar-refractivity contribution < 1.29 is 9.84 Å². The molecule has 3 heterocycles. The molecule has 8 heteroatoms. The minimum absolute atomic E-state index is 0.105. The molecule has 1 aliphatic rings. The normalized spacial score (nSPS) is 15.6. The number of benzene rings is 2. The largest absolute Gasteiger partial charge is 0.497 e. The molecule has 2 aromatic carbocycles. The Morgan fingerprint density at radius 3 is 2.48 bits per heavy atom. The van der Waals surface area contributed by atoms with E-state index in [4.69, 9.17) is 4.74 Å². The van der Waals surface area contributed by atoms with Crippen molar-refractivity contribution in [3.63, 3.8) is 0 Å². The second kappa shape index (κ2) is 7.67. The van der Waals surface area contributed by atoms with Gasteiger partial charge in [-0.2, -0.15) is 0 Å². The monoisotopic (exact) mass is 446 g/mol. The molecule has 1 atom stereocenters. The molecular weight excluding hydrogens is 420 g/mol. The lowest BCUT2D eigenvalue weighted by Gasteiger charge is -2.26. The van der Waals surface area contributed by atoms with Crippen LogP contribution in [-0.4, -0.2) is 33.3 Å². The van der Waals surface area contributed by atoms with Crippen LogP contribution in [0.2, 0.25) is 0 Å². The summed E-state index contributed by atoms with van der Waals surface area (Å²) in [6, 6.07) is 9.07. The quantitative estimate of drug-likeness (QED) is 0.387. The number of aromatic hydroxyl groups is 1. The lowest BCUT2D eigenvalue weighted by molar-refractivity contribution is 0.409. The molecule has 4 aromatic rings. The fraction of sp³-hybridized carbons (Fsp3) is 0.280. The van der Waals surface area contributed by atoms with E-state index in [1.165, 1.54) is 4.57 Å². The maximum absolute atomic E-state index is 13.0. The first-order valence-corrected chi connectivity index (χ1v) is 10.9. The Labute approximate surface area is 189 Å². The van der Waals surface area contributed by atoms with Gasteiger partial charge in [0.15, 0.2) is 0 Å². The highest BCUT2D eigenvalue weighted by Gasteiger charge is 2.31. The highest BCUT2D eigenvalue weighted by Crippen LogP contribution is 2.37. The first-order chi connectivity index (χ1) is 15.8. The number of aromatic nitrogens is 3. The van der Waals surface area contributed by atoms with Gasteiger partial charge in [-0.25, -0.2) is 9.36 Å². The smallest absolute Gasteiger partial charge is 0.335 e. The van der Waals surface area contributed by atoms with Gasteiger partial charge in [0.2, 0.25) is 5.88 Å². The summed E-state index contributed by atoms with van der Waals surface area (Å²) >= 11 is 0. The van der Waals surface area contributed by atoms with E-state index in [1.54, 1.807) is 7.11 Å². The summed E-state index contributed by atoms with van der Waals surface area (Å²) in [5.41, 5.74) is 4.88. The van der Waals surface area contributed by atoms with Gasteiger partial charge in [-0.3, -0.25) is 9.78 Å². The number of nitrogens with zero attached hydrogens (tertiary/aromatic N) is 1. The van der Waals surface area contributed by atoms with E-state index in [9.17, 15) is 14.7 Å². The average Bonchev–Trinajstić information content (AvgIpc) is 3.13. The van der Waals surface area contributed by atoms with Crippen molar-refractivity contribution in [3.8, 4) is 17.3 Å². The third kappa shape index (κ3) is 3.25. The van der Waals surface area contributed by atoms with Crippen LogP contribution in [0.4, 0.5) is 0 Å². The van der Waals surface area contributed by atoms with Crippen LogP contribution in [-0.2, 0) is 6.42 Å². The zero-order chi connectivity index (χ0) is 23.4. The summed E-state index contributed by atoms with van der Waals surface area (Å²) in [6.45, 7) is 6.35. The van der Waals surface area contributed by atoms with Crippen molar-refractivity contribution in [2.45, 2.75) is 33.2 Å². The molecule has 2 aromatic heterocycles. The van der Waals surface area contributed by atoms with Gasteiger partial charge in [0.1, 0.15) is 11.3 Å². The molecule has 1 unspecified atom stereocenters. The number of methoxy groups -OCH3 is 1. The minimum atomic E-state index is -0.672. The lowest BCUT2D eigenvalue weighted by Crippen LogP contribution is -2.39. The summed E-state index contributed by atoms with van der Waals surface area (Å²) in [5, 5.41) is 15.7. The molecular formula is C25H26N4O4. The fourth-order valence-corrected chi connectivity index (χ4v) is 5.11. The summed E-state index contributed by atoms with van der Waals surface area (Å²) in [7, 11) is 1.63. The van der Waals surface area contributed by atoms with Gasteiger partial charge in [0.25, 0.3) is 5.56 Å². The molecule has 5 rings (SSSR count). The van der Waals surface area contributed by atoms with Gasteiger partial charge in [-0.1, -0.05) is 17.7 Å². The van der Waals surface area contributed by atoms with Crippen molar-refractivity contribution in [2.75, 3.05) is 13.7 Å². The highest BCUT2D eigenvalue weighted by atomic mass is 16.5. The molecule has 0 amide bonds. The Kier molecular flexibility index (Phi) is 4.90. The number of aryl methyl sites for hydroxylation is 3. The molecule has 0 saturated carbocycles. The zero-order valence-electron chi connectivity index (χ0n) is 19.0. The van der Waals surface area contributed by atoms with Gasteiger partial charge in [-0.15, -0.1) is 0 Å². The predicted molar refractivity (Wildman–Crippen MR) is 127 cm³/mol. The van der Waals surface area contributed by atoms with Crippen LogP contribution < -0.4 is 21.3 Å². The summed E-state index contributed by atoms with van der Waals surface area (Å²) in [6.07, 6.45) is 0.757. The molecule has 1 aliphatic heterocycles. The first-order valence-electron chi connectivity index (χ1n) is 10.9. The van der Waals surface area contributed by atoms with Crippen molar-refractivity contribution in [1.29, 1.82) is 0 Å². The molecule has 8 nitrogen and oxygen atoms in total. The Morgan fingerprint density at radius 2 is 1.79 bits per heavy atom. The predicted octanol–water partition coefficient (Wildman–Crippen LogP) is 2.88. The topological polar surface area (TPSA) is 112 Å². The van der Waals surface area contributed by atoms with Gasteiger partial charge in [0, 0.05) is 23.1 Å². The number of ether oxygens (including phenoxy) is 1. The number of hydrogen-bond donors (Lipinski definition) is 4. The van der Waals surface area contributed by atoms with E-state index in [2.05, 4.69) is 15.3 Å². The number of nitrogens with one attached hydrogen (secondary N) is 3. The lowest BCUT2D eigenvalue weighted by atomic mass is 9.95. The number of fused-ring (bicyclic) bond motifs is 3. The number of aromatic amines is 2. The third-order valence-electron chi connectivity index (χ3n) is 6.43. The van der Waals surface area contributed by atoms with E-state index in [1.807, 2.05) is 51.1 Å². The molecule has 0 fully saturated rings. The molecule has 0 bridgehead atoms. The van der Waals surface area contributed by atoms with Crippen LogP contribution in [0.15, 0.2) is 39.9 Å². The van der Waals surface area contributed by atoms with E-state index in [-0.39, 0.29) is 11.4 Å². The molecule has 4 N–H and O–H groups in total. The zero-order valence-corrected chi connectivity index (χ0v) is 19.0. The van der Waals surface area contributed by atoms with E-state index >= 15 is 0 Å². The molecule has 33 heavy (non-hydrogen) atoms. The Bertz CT molecular complexity index is 1500. The third-order valence-corrected chi connectivity index (χ3v) is 6.43. The second-order valence-electron chi connectivity index (χ2n) is 8.65. The van der Waals surface area contributed by atoms with Crippen LogP contribution in [0.3, 0.4) is 0 Å². The van der Waals surface area contributed by atoms with Crippen LogP contribution in [0, 0.1) is 20.8 Å². The average molecular weight is 447 g/mol. The molecule has 0 aliphatic carbocycles. The van der Waals surface area contributed by atoms with E-state index in [0.717, 1.165) is 51.0 Å². The van der Waals surface area contributed by atoms with Crippen molar-refractivity contribution in [1.82, 2.24) is 19.9 Å². The molecule has 170 valence electrons. The standard InChI is InChI=1S/C25H26N4O4/c1-12-9-13(2)22(14(3)10-12)29-24(31)19(23(30)28-25(29)32)21-20-16(7-8-26-21)17-11-15(33-4)5-6-18(17)27-20/h5-6,9-11,21,26-27,31H,7-8H2,1-4H3,(H,28,30,32). The van der Waals surface area contributed by atoms with Crippen LogP contribution in [0.5, 0.6) is 11.6 Å². The van der Waals surface area contributed by atoms with Gasteiger partial charge in [-0.05, 0) is 62.1 Å². The number of H-pyrrole nitrogens is 2. The van der Waals surface area contributed by atoms with Gasteiger partial charge >= 0.3 is 5.69 Å². The van der Waals surface area contributed by atoms with Gasteiger partial charge in [0.05, 0.1) is 18.8 Å². The number of hydrogen-bond acceptors (Lipinski definition) is 5. The van der Waals surface area contributed by atoms with Crippen LogP contribution in [0.1, 0.15) is 39.6 Å². The minimum Gasteiger partial charge on any atom is -0.497 e. The van der Waals surface area contributed by atoms with Crippen molar-refractivity contribution >= 4 is 10.9 Å². The molecule has 0 radical (unpaired) electrons. The van der Waals surface area contributed by atoms with Gasteiger partial charge < -0.3 is 20.1 Å². The maximum atomic E-state index is 13.0. The maximum Gasteiger partial charge on any atom is 0.335 e. The Hall–Kier alpha value is -3.78. The van der Waals surface area contributed by atoms with Crippen molar-refractivity contribution in [2.24, 2.45) is 0 Å². The second-order valence-corrected chi connectivity index (χ2v) is 8.65. The van der Waals surface area contributed by atoms with Crippen molar-refractivity contribution in [3.05, 3.63) is 84.7 Å². The van der Waals surface area contributed by atoms with Crippen LogP contribution >= 0.6 is 0 Å². The first kappa shape index (κ1) is 21.1. The number of rotatable bonds is 3.